The summed E-state index contributed by atoms with van der Waals surface area (Å²) in [6.45, 7) is 8.93. The van der Waals surface area contributed by atoms with E-state index < -0.39 is 5.92 Å². The average molecular weight is 340 g/mol. The van der Waals surface area contributed by atoms with Crippen LogP contribution in [0, 0.1) is 23.7 Å². The molecule has 1 atom stereocenters. The third kappa shape index (κ3) is 2.84. The molecule has 3 rings (SSSR count). The van der Waals surface area contributed by atoms with E-state index in [0.29, 0.717) is 29.7 Å². The van der Waals surface area contributed by atoms with Crippen LogP contribution in [0.25, 0.3) is 0 Å². The minimum atomic E-state index is -0.483. The van der Waals surface area contributed by atoms with Crippen molar-refractivity contribution in [3.05, 3.63) is 40.2 Å². The van der Waals surface area contributed by atoms with Crippen LogP contribution in [-0.2, 0) is 16.1 Å². The maximum atomic E-state index is 12.9. The van der Waals surface area contributed by atoms with Crippen LogP contribution in [0.4, 0.5) is 0 Å². The molecule has 0 radical (unpaired) electrons. The van der Waals surface area contributed by atoms with Crippen molar-refractivity contribution in [3.8, 4) is 6.07 Å². The molecule has 0 saturated heterocycles. The summed E-state index contributed by atoms with van der Waals surface area (Å²) < 4.78 is 7.62. The first-order chi connectivity index (χ1) is 11.8. The number of rotatable bonds is 3. The van der Waals surface area contributed by atoms with E-state index in [9.17, 15) is 10.1 Å². The van der Waals surface area contributed by atoms with E-state index in [1.54, 1.807) is 6.20 Å². The van der Waals surface area contributed by atoms with Crippen molar-refractivity contribution in [2.45, 2.75) is 59.4 Å². The van der Waals surface area contributed by atoms with Gasteiger partial charge in [-0.25, -0.2) is 0 Å². The van der Waals surface area contributed by atoms with E-state index in [2.05, 4.69) is 18.1 Å². The molecule has 132 valence electrons. The summed E-state index contributed by atoms with van der Waals surface area (Å²) in [4.78, 5) is 12.9. The van der Waals surface area contributed by atoms with E-state index in [0.717, 1.165) is 24.2 Å². The number of allylic oxidation sites excluding steroid dienone is 3. The van der Waals surface area contributed by atoms with Crippen LogP contribution in [0.3, 0.4) is 0 Å². The number of aryl methyl sites for hydroxylation is 1. The van der Waals surface area contributed by atoms with Crippen molar-refractivity contribution < 1.29 is 9.53 Å². The molecule has 0 aromatic carbocycles. The average Bonchev–Trinajstić information content (AvgIpc) is 2.86. The second-order valence-electron chi connectivity index (χ2n) is 7.61. The second-order valence-corrected chi connectivity index (χ2v) is 7.61. The lowest BCUT2D eigenvalue weighted by molar-refractivity contribution is -0.119. The van der Waals surface area contributed by atoms with E-state index >= 15 is 0 Å². The molecule has 0 amide bonds. The van der Waals surface area contributed by atoms with Crippen molar-refractivity contribution in [2.24, 2.45) is 11.1 Å². The van der Waals surface area contributed by atoms with Gasteiger partial charge in [0.15, 0.2) is 5.78 Å². The molecule has 0 spiro atoms. The Labute approximate surface area is 147 Å². The molecule has 0 fully saturated rings. The Morgan fingerprint density at radius 3 is 2.84 bits per heavy atom. The molecule has 1 unspecified atom stereocenters. The highest BCUT2D eigenvalue weighted by Crippen LogP contribution is 2.48. The van der Waals surface area contributed by atoms with Crippen LogP contribution >= 0.6 is 0 Å². The fourth-order valence-electron chi connectivity index (χ4n) is 3.78. The summed E-state index contributed by atoms with van der Waals surface area (Å²) in [6.07, 6.45) is 3.78. The standard InChI is InChI=1S/C19H24N4O2/c1-5-6-23-11(2)13(10-22-23)16-12(9-20)18(21)25-15-8-19(3,4)7-14(24)17(15)16/h10,16H,5-8,21H2,1-4H3. The zero-order valence-electron chi connectivity index (χ0n) is 15.2. The fourth-order valence-corrected chi connectivity index (χ4v) is 3.78. The van der Waals surface area contributed by atoms with Gasteiger partial charge in [0.25, 0.3) is 0 Å². The summed E-state index contributed by atoms with van der Waals surface area (Å²) in [5.41, 5.74) is 8.55. The van der Waals surface area contributed by atoms with E-state index in [1.807, 2.05) is 25.5 Å². The van der Waals surface area contributed by atoms with E-state index in [4.69, 9.17) is 10.5 Å². The number of aromatic nitrogens is 2. The van der Waals surface area contributed by atoms with Gasteiger partial charge in [-0.15, -0.1) is 0 Å². The Kier molecular flexibility index (Phi) is 4.19. The molecule has 0 bridgehead atoms. The van der Waals surface area contributed by atoms with Crippen LogP contribution in [0.15, 0.2) is 29.0 Å². The Balaban J connectivity index is 2.17. The summed E-state index contributed by atoms with van der Waals surface area (Å²) >= 11 is 0. The minimum absolute atomic E-state index is 0.0270. The van der Waals surface area contributed by atoms with Crippen LogP contribution in [0.2, 0.25) is 0 Å². The predicted molar refractivity (Wildman–Crippen MR) is 93.0 cm³/mol. The number of carbonyl (C=O) groups excluding carboxylic acids is 1. The Hall–Kier alpha value is -2.55. The summed E-state index contributed by atoms with van der Waals surface area (Å²) in [5, 5.41) is 14.1. The largest absolute Gasteiger partial charge is 0.444 e. The van der Waals surface area contributed by atoms with Gasteiger partial charge in [-0.2, -0.15) is 10.4 Å². The topological polar surface area (TPSA) is 93.9 Å². The first-order valence-corrected chi connectivity index (χ1v) is 8.65. The molecular weight excluding hydrogens is 316 g/mol. The van der Waals surface area contributed by atoms with Crippen molar-refractivity contribution in [2.75, 3.05) is 0 Å². The van der Waals surface area contributed by atoms with Crippen molar-refractivity contribution in [3.63, 3.8) is 0 Å². The number of nitrogens with zero attached hydrogens (tertiary/aromatic N) is 3. The Morgan fingerprint density at radius 2 is 2.20 bits per heavy atom. The van der Waals surface area contributed by atoms with Gasteiger partial charge < -0.3 is 10.5 Å². The monoisotopic (exact) mass is 340 g/mol. The highest BCUT2D eigenvalue weighted by Gasteiger charge is 2.43. The fraction of sp³-hybridized carbons (Fsp3) is 0.526. The predicted octanol–water partition coefficient (Wildman–Crippen LogP) is 3.05. The summed E-state index contributed by atoms with van der Waals surface area (Å²) in [5.74, 6) is 0.242. The quantitative estimate of drug-likeness (QED) is 0.912. The van der Waals surface area contributed by atoms with Crippen LogP contribution in [0.5, 0.6) is 0 Å². The number of hydrogen-bond acceptors (Lipinski definition) is 5. The first kappa shape index (κ1) is 17.3. The van der Waals surface area contributed by atoms with Gasteiger partial charge in [-0.1, -0.05) is 20.8 Å². The smallest absolute Gasteiger partial charge is 0.205 e. The molecular formula is C19H24N4O2. The number of ketones is 1. The molecule has 2 heterocycles. The lowest BCUT2D eigenvalue weighted by Gasteiger charge is -2.37. The van der Waals surface area contributed by atoms with Crippen molar-refractivity contribution in [1.82, 2.24) is 9.78 Å². The van der Waals surface area contributed by atoms with Crippen LogP contribution in [-0.4, -0.2) is 15.6 Å². The summed E-state index contributed by atoms with van der Waals surface area (Å²) in [6, 6.07) is 2.15. The van der Waals surface area contributed by atoms with E-state index in [1.165, 1.54) is 0 Å². The molecule has 0 saturated carbocycles. The van der Waals surface area contributed by atoms with Gasteiger partial charge >= 0.3 is 0 Å². The molecule has 2 N–H and O–H groups in total. The zero-order valence-corrected chi connectivity index (χ0v) is 15.2. The number of ether oxygens (including phenoxy) is 1. The molecule has 1 aromatic heterocycles. The van der Waals surface area contributed by atoms with Crippen molar-refractivity contribution >= 4 is 5.78 Å². The molecule has 6 heteroatoms. The SMILES string of the molecule is CCCn1ncc(C2C(C#N)=C(N)OC3=C2C(=O)CC(C)(C)C3)c1C. The Bertz CT molecular complexity index is 836. The van der Waals surface area contributed by atoms with E-state index in [-0.39, 0.29) is 17.1 Å². The maximum absolute atomic E-state index is 12.9. The number of nitrogens with two attached hydrogens (primary N) is 1. The zero-order chi connectivity index (χ0) is 18.4. The lowest BCUT2D eigenvalue weighted by atomic mass is 9.70. The van der Waals surface area contributed by atoms with Crippen LogP contribution in [0.1, 0.15) is 57.2 Å². The molecule has 1 aliphatic carbocycles. The Morgan fingerprint density at radius 1 is 1.48 bits per heavy atom. The normalized spacial score (nSPS) is 22.5. The molecule has 1 aromatic rings. The molecule has 6 nitrogen and oxygen atoms in total. The number of nitriles is 1. The highest BCUT2D eigenvalue weighted by molar-refractivity contribution is 6.00. The van der Waals surface area contributed by atoms with Gasteiger partial charge in [0.1, 0.15) is 17.4 Å². The summed E-state index contributed by atoms with van der Waals surface area (Å²) in [7, 11) is 0. The molecule has 1 aliphatic heterocycles. The highest BCUT2D eigenvalue weighted by atomic mass is 16.5. The van der Waals surface area contributed by atoms with Gasteiger partial charge in [0.2, 0.25) is 5.88 Å². The number of hydrogen-bond donors (Lipinski definition) is 1. The third-order valence-corrected chi connectivity index (χ3v) is 4.96. The molecule has 25 heavy (non-hydrogen) atoms. The minimum Gasteiger partial charge on any atom is -0.444 e. The van der Waals surface area contributed by atoms with Crippen molar-refractivity contribution in [1.29, 1.82) is 5.26 Å². The number of carbonyl (C=O) groups is 1. The van der Waals surface area contributed by atoms with Crippen LogP contribution < -0.4 is 5.73 Å². The first-order valence-electron chi connectivity index (χ1n) is 8.65. The van der Waals surface area contributed by atoms with Gasteiger partial charge in [-0.05, 0) is 18.8 Å². The van der Waals surface area contributed by atoms with Gasteiger partial charge in [-0.3, -0.25) is 9.48 Å². The second kappa shape index (κ2) is 6.07. The lowest BCUT2D eigenvalue weighted by Crippen LogP contribution is -2.33. The molecule has 2 aliphatic rings. The van der Waals surface area contributed by atoms with Gasteiger partial charge in [0.05, 0.1) is 12.1 Å². The third-order valence-electron chi connectivity index (χ3n) is 4.96. The number of Topliss-reactive ketones (excluding diaryl/α,β-unsaturated/α-hetero) is 1. The van der Waals surface area contributed by atoms with Gasteiger partial charge in [0, 0.05) is 36.2 Å². The maximum Gasteiger partial charge on any atom is 0.205 e.